The Hall–Kier alpha value is -2.64. The van der Waals surface area contributed by atoms with Gasteiger partial charge >= 0.3 is 0 Å². The first-order valence-electron chi connectivity index (χ1n) is 9.98. The number of methoxy groups -OCH3 is 1. The maximum Gasteiger partial charge on any atom is 0.262 e. The molecular weight excluding hydrogens is 400 g/mol. The summed E-state index contributed by atoms with van der Waals surface area (Å²) in [5, 5.41) is 1.25. The number of thioether (sulfide) groups is 1. The molecule has 0 bridgehead atoms. The van der Waals surface area contributed by atoms with Gasteiger partial charge in [-0.15, -0.1) is 0 Å². The van der Waals surface area contributed by atoms with Crippen LogP contribution >= 0.6 is 11.8 Å². The number of fused-ring (bicyclic) bond motifs is 1. The van der Waals surface area contributed by atoms with Gasteiger partial charge in [0, 0.05) is 23.5 Å². The fourth-order valence-electron chi connectivity index (χ4n) is 3.66. The fourth-order valence-corrected chi connectivity index (χ4v) is 4.65. The lowest BCUT2D eigenvalue weighted by molar-refractivity contribution is 0.0937. The molecule has 156 valence electrons. The third-order valence-electron chi connectivity index (χ3n) is 5.28. The van der Waals surface area contributed by atoms with Crippen LogP contribution in [0.4, 0.5) is 0 Å². The molecule has 1 aliphatic rings. The van der Waals surface area contributed by atoms with Gasteiger partial charge in [0.1, 0.15) is 5.75 Å². The summed E-state index contributed by atoms with van der Waals surface area (Å²) in [6.07, 6.45) is 1.98. The molecule has 0 amide bonds. The fraction of sp³-hybridized carbons (Fsp3) is 0.348. The number of Topliss-reactive ketones (excluding diaryl/α,β-unsaturated/α-hetero) is 1. The predicted octanol–water partition coefficient (Wildman–Crippen LogP) is 4.08. The molecule has 0 spiro atoms. The van der Waals surface area contributed by atoms with Crippen LogP contribution in [-0.2, 0) is 17.0 Å². The summed E-state index contributed by atoms with van der Waals surface area (Å²) in [7, 11) is 1.61. The highest BCUT2D eigenvalue weighted by atomic mass is 32.2. The van der Waals surface area contributed by atoms with E-state index in [4.69, 9.17) is 14.5 Å². The van der Waals surface area contributed by atoms with Crippen molar-refractivity contribution in [3.05, 3.63) is 63.9 Å². The molecule has 6 nitrogen and oxygen atoms in total. The van der Waals surface area contributed by atoms with Crippen LogP contribution in [0.3, 0.4) is 0 Å². The second kappa shape index (κ2) is 9.02. The van der Waals surface area contributed by atoms with E-state index in [1.807, 2.05) is 30.3 Å². The summed E-state index contributed by atoms with van der Waals surface area (Å²) in [5.41, 5.74) is 2.15. The molecule has 0 saturated carbocycles. The van der Waals surface area contributed by atoms with Crippen molar-refractivity contribution >= 4 is 28.4 Å². The van der Waals surface area contributed by atoms with Crippen molar-refractivity contribution in [2.24, 2.45) is 0 Å². The van der Waals surface area contributed by atoms with Crippen molar-refractivity contribution < 1.29 is 14.3 Å². The Kier molecular flexibility index (Phi) is 6.20. The molecule has 0 aliphatic carbocycles. The Labute approximate surface area is 179 Å². The van der Waals surface area contributed by atoms with Gasteiger partial charge in [0.05, 0.1) is 30.7 Å². The second-order valence-electron chi connectivity index (χ2n) is 7.33. The Balaban J connectivity index is 1.70. The van der Waals surface area contributed by atoms with Crippen LogP contribution in [0.5, 0.6) is 5.75 Å². The van der Waals surface area contributed by atoms with Crippen molar-refractivity contribution in [3.8, 4) is 5.75 Å². The van der Waals surface area contributed by atoms with Crippen LogP contribution in [-0.4, -0.2) is 35.2 Å². The number of hydrogen-bond donors (Lipinski definition) is 0. The zero-order chi connectivity index (χ0) is 21.1. The lowest BCUT2D eigenvalue weighted by atomic mass is 10.1. The molecule has 2 heterocycles. The molecule has 0 radical (unpaired) electrons. The molecule has 30 heavy (non-hydrogen) atoms. The zero-order valence-corrected chi connectivity index (χ0v) is 17.9. The van der Waals surface area contributed by atoms with Gasteiger partial charge in [0.15, 0.2) is 10.9 Å². The molecule has 1 unspecified atom stereocenters. The van der Waals surface area contributed by atoms with E-state index in [2.05, 4.69) is 0 Å². The summed E-state index contributed by atoms with van der Waals surface area (Å²) in [6.45, 7) is 2.77. The monoisotopic (exact) mass is 424 g/mol. The number of aromatic nitrogens is 2. The number of ketones is 1. The Morgan fingerprint density at radius 2 is 2.13 bits per heavy atom. The lowest BCUT2D eigenvalue weighted by Gasteiger charge is -2.17. The number of rotatable bonds is 7. The van der Waals surface area contributed by atoms with E-state index in [1.54, 1.807) is 30.7 Å². The summed E-state index contributed by atoms with van der Waals surface area (Å²) < 4.78 is 13.0. The molecule has 1 aliphatic heterocycles. The molecule has 1 atom stereocenters. The molecule has 3 aromatic rings. The van der Waals surface area contributed by atoms with E-state index in [9.17, 15) is 9.59 Å². The highest BCUT2D eigenvalue weighted by Gasteiger charge is 2.20. The number of ether oxygens (including phenoxy) is 2. The van der Waals surface area contributed by atoms with Crippen molar-refractivity contribution in [1.82, 2.24) is 9.55 Å². The molecule has 1 saturated heterocycles. The number of para-hydroxylation sites is 1. The Morgan fingerprint density at radius 3 is 2.87 bits per heavy atom. The van der Waals surface area contributed by atoms with Gasteiger partial charge in [-0.1, -0.05) is 23.9 Å². The van der Waals surface area contributed by atoms with Crippen molar-refractivity contribution in [2.45, 2.75) is 43.3 Å². The van der Waals surface area contributed by atoms with Crippen LogP contribution in [0.15, 0.2) is 52.4 Å². The van der Waals surface area contributed by atoms with E-state index >= 15 is 0 Å². The maximum atomic E-state index is 13.2. The van der Waals surface area contributed by atoms with Gasteiger partial charge in [-0.3, -0.25) is 14.2 Å². The van der Waals surface area contributed by atoms with Gasteiger partial charge in [0.2, 0.25) is 0 Å². The number of benzene rings is 2. The van der Waals surface area contributed by atoms with Crippen molar-refractivity contribution in [3.63, 3.8) is 0 Å². The summed E-state index contributed by atoms with van der Waals surface area (Å²) in [4.78, 5) is 29.8. The first kappa shape index (κ1) is 20.6. The molecular formula is C23H24N2O4S. The van der Waals surface area contributed by atoms with Gasteiger partial charge in [-0.2, -0.15) is 0 Å². The van der Waals surface area contributed by atoms with Crippen LogP contribution in [0.25, 0.3) is 10.9 Å². The predicted molar refractivity (Wildman–Crippen MR) is 118 cm³/mol. The summed E-state index contributed by atoms with van der Waals surface area (Å²) in [6, 6.07) is 12.8. The third kappa shape index (κ3) is 4.27. The third-order valence-corrected chi connectivity index (χ3v) is 6.31. The van der Waals surface area contributed by atoms with Gasteiger partial charge < -0.3 is 9.47 Å². The highest BCUT2D eigenvalue weighted by molar-refractivity contribution is 7.98. The van der Waals surface area contributed by atoms with Crippen molar-refractivity contribution in [1.29, 1.82) is 0 Å². The quantitative estimate of drug-likeness (QED) is 0.323. The minimum atomic E-state index is -0.0527. The minimum absolute atomic E-state index is 0.00280. The molecule has 7 heteroatoms. The smallest absolute Gasteiger partial charge is 0.262 e. The Bertz CT molecular complexity index is 1140. The average Bonchev–Trinajstić information content (AvgIpc) is 3.27. The van der Waals surface area contributed by atoms with E-state index in [-0.39, 0.29) is 17.4 Å². The van der Waals surface area contributed by atoms with Crippen molar-refractivity contribution in [2.75, 3.05) is 13.7 Å². The molecule has 0 N–H and O–H groups in total. The second-order valence-corrected chi connectivity index (χ2v) is 8.28. The first-order chi connectivity index (χ1) is 14.6. The molecule has 2 aromatic carbocycles. The first-order valence-corrected chi connectivity index (χ1v) is 11.0. The number of nitrogens with zero attached hydrogens (tertiary/aromatic N) is 2. The van der Waals surface area contributed by atoms with E-state index < -0.39 is 0 Å². The minimum Gasteiger partial charge on any atom is -0.496 e. The SMILES string of the molecule is COc1ccc(C(C)=O)cc1CSc1nc2ccccc2c(=O)n1CC1CCCO1. The average molecular weight is 425 g/mol. The largest absolute Gasteiger partial charge is 0.496 e. The molecule has 1 fully saturated rings. The van der Waals surface area contributed by atoms with Gasteiger partial charge in [0.25, 0.3) is 5.56 Å². The summed E-state index contributed by atoms with van der Waals surface area (Å²) >= 11 is 1.47. The highest BCUT2D eigenvalue weighted by Crippen LogP contribution is 2.29. The van der Waals surface area contributed by atoms with Gasteiger partial charge in [-0.05, 0) is 50.1 Å². The molecule has 4 rings (SSSR count). The van der Waals surface area contributed by atoms with Crippen LogP contribution in [0, 0.1) is 0 Å². The zero-order valence-electron chi connectivity index (χ0n) is 17.1. The number of carbonyl (C=O) groups is 1. The standard InChI is InChI=1S/C23H24N2O4S/c1-15(26)16-9-10-21(28-2)17(12-16)14-30-23-24-20-8-4-3-7-19(20)22(27)25(23)13-18-6-5-11-29-18/h3-4,7-10,12,18H,5-6,11,13-14H2,1-2H3. The molecule has 1 aromatic heterocycles. The van der Waals surface area contributed by atoms with Crippen LogP contribution < -0.4 is 10.3 Å². The van der Waals surface area contributed by atoms with Crippen LogP contribution in [0.2, 0.25) is 0 Å². The topological polar surface area (TPSA) is 70.4 Å². The van der Waals surface area contributed by atoms with E-state index in [1.165, 1.54) is 11.8 Å². The van der Waals surface area contributed by atoms with E-state index in [0.717, 1.165) is 25.0 Å². The number of hydrogen-bond acceptors (Lipinski definition) is 6. The van der Waals surface area contributed by atoms with Gasteiger partial charge in [-0.25, -0.2) is 4.98 Å². The number of carbonyl (C=O) groups excluding carboxylic acids is 1. The van der Waals surface area contributed by atoms with Crippen LogP contribution in [0.1, 0.15) is 35.7 Å². The maximum absolute atomic E-state index is 13.2. The van der Waals surface area contributed by atoms with E-state index in [0.29, 0.717) is 39.7 Å². The Morgan fingerprint density at radius 1 is 1.30 bits per heavy atom. The normalized spacial score (nSPS) is 16.1. The summed E-state index contributed by atoms with van der Waals surface area (Å²) in [5.74, 6) is 1.24. The lowest BCUT2D eigenvalue weighted by Crippen LogP contribution is -2.28.